The number of hydrogen-bond acceptors (Lipinski definition) is 3. The molecule has 2 atom stereocenters. The second-order valence-corrected chi connectivity index (χ2v) is 5.35. The molecule has 1 aliphatic rings. The maximum absolute atomic E-state index is 9.15. The Morgan fingerprint density at radius 1 is 1.35 bits per heavy atom. The third-order valence-electron chi connectivity index (χ3n) is 2.84. The molecular weight excluding hydrogens is 280 g/mol. The van der Waals surface area contributed by atoms with Crippen molar-refractivity contribution in [2.24, 2.45) is 0 Å². The summed E-state index contributed by atoms with van der Waals surface area (Å²) < 4.78 is 6.70. The molecule has 0 radical (unpaired) electrons. The molecule has 0 aliphatic carbocycles. The van der Waals surface area contributed by atoms with Crippen LogP contribution in [0.15, 0.2) is 22.7 Å². The Bertz CT molecular complexity index is 445. The average Bonchev–Trinajstić information content (AvgIpc) is 2.27. The van der Waals surface area contributed by atoms with Crippen molar-refractivity contribution in [3.8, 4) is 6.07 Å². The summed E-state index contributed by atoms with van der Waals surface area (Å²) in [5.41, 5.74) is 1.71. The van der Waals surface area contributed by atoms with Gasteiger partial charge in [-0.1, -0.05) is 15.9 Å². The standard InChI is InChI=1S/C13H15BrN2O/c1-9-7-16(8-10(2)17-9)13-5-12(14)4-3-11(13)6-15/h3-5,9-10H,7-8H2,1-2H3. The molecule has 2 unspecified atom stereocenters. The molecule has 90 valence electrons. The highest BCUT2D eigenvalue weighted by Crippen LogP contribution is 2.27. The van der Waals surface area contributed by atoms with Gasteiger partial charge in [0.05, 0.1) is 23.5 Å². The van der Waals surface area contributed by atoms with Crippen LogP contribution in [0.5, 0.6) is 0 Å². The van der Waals surface area contributed by atoms with Gasteiger partial charge in [0.15, 0.2) is 0 Å². The van der Waals surface area contributed by atoms with E-state index in [1.54, 1.807) is 0 Å². The van der Waals surface area contributed by atoms with Crippen molar-refractivity contribution >= 4 is 21.6 Å². The first kappa shape index (κ1) is 12.4. The lowest BCUT2D eigenvalue weighted by atomic mass is 10.1. The Labute approximate surface area is 110 Å². The van der Waals surface area contributed by atoms with E-state index in [4.69, 9.17) is 10.00 Å². The number of hydrogen-bond donors (Lipinski definition) is 0. The SMILES string of the molecule is CC1CN(c2cc(Br)ccc2C#N)CC(C)O1. The van der Waals surface area contributed by atoms with E-state index >= 15 is 0 Å². The van der Waals surface area contributed by atoms with Crippen LogP contribution in [0.25, 0.3) is 0 Å². The Hall–Kier alpha value is -1.05. The highest BCUT2D eigenvalue weighted by molar-refractivity contribution is 9.10. The lowest BCUT2D eigenvalue weighted by molar-refractivity contribution is -0.00523. The van der Waals surface area contributed by atoms with Gasteiger partial charge in [-0.3, -0.25) is 0 Å². The van der Waals surface area contributed by atoms with Gasteiger partial charge in [0.25, 0.3) is 0 Å². The first-order chi connectivity index (χ1) is 8.10. The zero-order valence-corrected chi connectivity index (χ0v) is 11.6. The van der Waals surface area contributed by atoms with Crippen molar-refractivity contribution in [1.82, 2.24) is 0 Å². The molecule has 1 aromatic carbocycles. The summed E-state index contributed by atoms with van der Waals surface area (Å²) in [7, 11) is 0. The van der Waals surface area contributed by atoms with Crippen molar-refractivity contribution in [2.75, 3.05) is 18.0 Å². The predicted molar refractivity (Wildman–Crippen MR) is 71.1 cm³/mol. The van der Waals surface area contributed by atoms with E-state index in [1.165, 1.54) is 0 Å². The fraction of sp³-hybridized carbons (Fsp3) is 0.462. The van der Waals surface area contributed by atoms with Crippen molar-refractivity contribution in [1.29, 1.82) is 5.26 Å². The second-order valence-electron chi connectivity index (χ2n) is 4.44. The summed E-state index contributed by atoms with van der Waals surface area (Å²) >= 11 is 3.46. The summed E-state index contributed by atoms with van der Waals surface area (Å²) in [6.45, 7) is 5.78. The number of benzene rings is 1. The van der Waals surface area contributed by atoms with Crippen LogP contribution in [0.1, 0.15) is 19.4 Å². The number of ether oxygens (including phenoxy) is 1. The first-order valence-electron chi connectivity index (χ1n) is 5.70. The van der Waals surface area contributed by atoms with Crippen LogP contribution < -0.4 is 4.90 Å². The number of morpholine rings is 1. The van der Waals surface area contributed by atoms with Gasteiger partial charge in [-0.05, 0) is 32.0 Å². The maximum Gasteiger partial charge on any atom is 0.101 e. The fourth-order valence-corrected chi connectivity index (χ4v) is 2.58. The van der Waals surface area contributed by atoms with E-state index in [0.29, 0.717) is 0 Å². The lowest BCUT2D eigenvalue weighted by Crippen LogP contribution is -2.45. The molecule has 1 aromatic rings. The third-order valence-corrected chi connectivity index (χ3v) is 3.33. The molecule has 0 N–H and O–H groups in total. The van der Waals surface area contributed by atoms with Crippen LogP contribution in [-0.2, 0) is 4.74 Å². The first-order valence-corrected chi connectivity index (χ1v) is 6.49. The summed E-state index contributed by atoms with van der Waals surface area (Å²) in [6.07, 6.45) is 0.397. The third kappa shape index (κ3) is 2.80. The van der Waals surface area contributed by atoms with E-state index in [2.05, 4.69) is 40.7 Å². The smallest absolute Gasteiger partial charge is 0.101 e. The molecule has 0 bridgehead atoms. The van der Waals surface area contributed by atoms with Gasteiger partial charge < -0.3 is 9.64 Å². The summed E-state index contributed by atoms with van der Waals surface area (Å²) in [5, 5.41) is 9.15. The van der Waals surface area contributed by atoms with Gasteiger partial charge in [0, 0.05) is 17.6 Å². The quantitative estimate of drug-likeness (QED) is 0.799. The van der Waals surface area contributed by atoms with Crippen molar-refractivity contribution in [2.45, 2.75) is 26.1 Å². The zero-order chi connectivity index (χ0) is 12.4. The Morgan fingerprint density at radius 2 is 2.00 bits per heavy atom. The molecule has 0 saturated carbocycles. The van der Waals surface area contributed by atoms with E-state index in [1.807, 2.05) is 18.2 Å². The summed E-state index contributed by atoms with van der Waals surface area (Å²) in [6, 6.07) is 8.00. The van der Waals surface area contributed by atoms with Crippen molar-refractivity contribution in [3.63, 3.8) is 0 Å². The lowest BCUT2D eigenvalue weighted by Gasteiger charge is -2.37. The summed E-state index contributed by atoms with van der Waals surface area (Å²) in [5.74, 6) is 0. The molecule has 0 aromatic heterocycles. The largest absolute Gasteiger partial charge is 0.372 e. The van der Waals surface area contributed by atoms with Crippen LogP contribution in [0.4, 0.5) is 5.69 Å². The molecule has 2 rings (SSSR count). The predicted octanol–water partition coefficient (Wildman–Crippen LogP) is 2.93. The molecule has 1 aliphatic heterocycles. The molecule has 4 heteroatoms. The minimum absolute atomic E-state index is 0.198. The van der Waals surface area contributed by atoms with E-state index in [0.717, 1.165) is 28.8 Å². The zero-order valence-electron chi connectivity index (χ0n) is 9.98. The summed E-state index contributed by atoms with van der Waals surface area (Å²) in [4.78, 5) is 2.22. The van der Waals surface area contributed by atoms with Crippen LogP contribution in [0.2, 0.25) is 0 Å². The van der Waals surface area contributed by atoms with E-state index in [9.17, 15) is 0 Å². The Kier molecular flexibility index (Phi) is 3.70. The number of rotatable bonds is 1. The number of halogens is 1. The monoisotopic (exact) mass is 294 g/mol. The van der Waals surface area contributed by atoms with E-state index < -0.39 is 0 Å². The van der Waals surface area contributed by atoms with Gasteiger partial charge in [0.1, 0.15) is 6.07 Å². The average molecular weight is 295 g/mol. The minimum atomic E-state index is 0.198. The number of nitriles is 1. The molecule has 17 heavy (non-hydrogen) atoms. The Morgan fingerprint density at radius 3 is 2.59 bits per heavy atom. The molecule has 1 heterocycles. The topological polar surface area (TPSA) is 36.3 Å². The fourth-order valence-electron chi connectivity index (χ4n) is 2.24. The van der Waals surface area contributed by atoms with Gasteiger partial charge in [0.2, 0.25) is 0 Å². The second kappa shape index (κ2) is 5.07. The number of anilines is 1. The van der Waals surface area contributed by atoms with Gasteiger partial charge in [-0.2, -0.15) is 5.26 Å². The molecule has 1 saturated heterocycles. The van der Waals surface area contributed by atoms with Crippen LogP contribution >= 0.6 is 15.9 Å². The van der Waals surface area contributed by atoms with E-state index in [-0.39, 0.29) is 12.2 Å². The normalized spacial score (nSPS) is 24.5. The maximum atomic E-state index is 9.15. The highest BCUT2D eigenvalue weighted by atomic mass is 79.9. The Balaban J connectivity index is 2.33. The van der Waals surface area contributed by atoms with Crippen molar-refractivity contribution < 1.29 is 4.74 Å². The molecule has 0 amide bonds. The molecule has 0 spiro atoms. The van der Waals surface area contributed by atoms with Crippen LogP contribution in [0.3, 0.4) is 0 Å². The van der Waals surface area contributed by atoms with Crippen molar-refractivity contribution in [3.05, 3.63) is 28.2 Å². The molecule has 1 fully saturated rings. The van der Waals surface area contributed by atoms with Gasteiger partial charge >= 0.3 is 0 Å². The van der Waals surface area contributed by atoms with Gasteiger partial charge in [-0.25, -0.2) is 0 Å². The highest BCUT2D eigenvalue weighted by Gasteiger charge is 2.24. The van der Waals surface area contributed by atoms with Gasteiger partial charge in [-0.15, -0.1) is 0 Å². The minimum Gasteiger partial charge on any atom is -0.372 e. The van der Waals surface area contributed by atoms with Crippen LogP contribution in [0, 0.1) is 11.3 Å². The molecular formula is C13H15BrN2O. The van der Waals surface area contributed by atoms with Crippen LogP contribution in [-0.4, -0.2) is 25.3 Å². The number of nitrogens with zero attached hydrogens (tertiary/aromatic N) is 2. The molecule has 3 nitrogen and oxygen atoms in total.